The Labute approximate surface area is 80.4 Å². The average molecular weight is 187 g/mol. The zero-order valence-corrected chi connectivity index (χ0v) is 8.61. The second-order valence-electron chi connectivity index (χ2n) is 4.13. The van der Waals surface area contributed by atoms with Gasteiger partial charge in [-0.2, -0.15) is 0 Å². The highest BCUT2D eigenvalue weighted by molar-refractivity contribution is 4.81. The Morgan fingerprint density at radius 3 is 2.31 bits per heavy atom. The van der Waals surface area contributed by atoms with Crippen molar-refractivity contribution in [3.8, 4) is 0 Å². The van der Waals surface area contributed by atoms with Crippen LogP contribution in [0.25, 0.3) is 0 Å². The van der Waals surface area contributed by atoms with E-state index in [4.69, 9.17) is 0 Å². The first-order valence-electron chi connectivity index (χ1n) is 5.23. The Kier molecular flexibility index (Phi) is 4.16. The van der Waals surface area contributed by atoms with Crippen LogP contribution in [0.5, 0.6) is 0 Å². The van der Waals surface area contributed by atoms with Crippen LogP contribution in [0.2, 0.25) is 0 Å². The lowest BCUT2D eigenvalue weighted by atomic mass is 10.0. The van der Waals surface area contributed by atoms with Gasteiger partial charge < -0.3 is 10.2 Å². The predicted molar refractivity (Wildman–Crippen MR) is 52.6 cm³/mol. The van der Waals surface area contributed by atoms with E-state index in [0.717, 1.165) is 25.9 Å². The molecular weight excluding hydrogens is 166 g/mol. The summed E-state index contributed by atoms with van der Waals surface area (Å²) in [5, 5.41) is 18.9. The minimum absolute atomic E-state index is 0.344. The van der Waals surface area contributed by atoms with Gasteiger partial charge in [0.1, 0.15) is 0 Å². The number of likely N-dealkylation sites (tertiary alicyclic amines) is 1. The second-order valence-corrected chi connectivity index (χ2v) is 4.13. The molecule has 0 aliphatic carbocycles. The molecule has 1 unspecified atom stereocenters. The van der Waals surface area contributed by atoms with Crippen molar-refractivity contribution in [2.45, 2.75) is 51.4 Å². The zero-order valence-electron chi connectivity index (χ0n) is 8.61. The number of piperidine rings is 1. The van der Waals surface area contributed by atoms with E-state index in [1.807, 2.05) is 0 Å². The molecule has 1 aliphatic heterocycles. The Morgan fingerprint density at radius 1 is 1.31 bits per heavy atom. The molecule has 3 atom stereocenters. The third-order valence-electron chi connectivity index (χ3n) is 2.76. The van der Waals surface area contributed by atoms with Gasteiger partial charge in [0.25, 0.3) is 0 Å². The number of hydrogen-bond acceptors (Lipinski definition) is 3. The lowest BCUT2D eigenvalue weighted by Crippen LogP contribution is -2.49. The highest BCUT2D eigenvalue weighted by atomic mass is 16.3. The maximum Gasteiger partial charge on any atom is 0.0692 e. The molecule has 2 N–H and O–H groups in total. The maximum atomic E-state index is 9.47. The van der Waals surface area contributed by atoms with E-state index < -0.39 is 0 Å². The van der Waals surface area contributed by atoms with Crippen LogP contribution in [0.4, 0.5) is 0 Å². The van der Waals surface area contributed by atoms with E-state index in [2.05, 4.69) is 18.7 Å². The van der Waals surface area contributed by atoms with Crippen molar-refractivity contribution in [2.24, 2.45) is 0 Å². The Morgan fingerprint density at radius 2 is 1.85 bits per heavy atom. The number of aliphatic hydroxyl groups is 2. The lowest BCUT2D eigenvalue weighted by molar-refractivity contribution is -0.0231. The molecule has 3 nitrogen and oxygen atoms in total. The van der Waals surface area contributed by atoms with Crippen LogP contribution in [-0.2, 0) is 0 Å². The summed E-state index contributed by atoms with van der Waals surface area (Å²) in [4.78, 5) is 2.18. The van der Waals surface area contributed by atoms with Gasteiger partial charge in [-0.1, -0.05) is 13.3 Å². The van der Waals surface area contributed by atoms with Crippen LogP contribution in [-0.4, -0.2) is 46.5 Å². The van der Waals surface area contributed by atoms with Crippen molar-refractivity contribution in [1.82, 2.24) is 4.90 Å². The van der Waals surface area contributed by atoms with E-state index in [9.17, 15) is 10.2 Å². The van der Waals surface area contributed by atoms with Gasteiger partial charge in [0, 0.05) is 25.6 Å². The molecule has 1 saturated heterocycles. The normalized spacial score (nSPS) is 33.2. The van der Waals surface area contributed by atoms with Gasteiger partial charge in [-0.3, -0.25) is 4.90 Å². The van der Waals surface area contributed by atoms with Crippen molar-refractivity contribution >= 4 is 0 Å². The number of hydrogen-bond donors (Lipinski definition) is 2. The summed E-state index contributed by atoms with van der Waals surface area (Å²) in [5.41, 5.74) is 0. The summed E-state index contributed by atoms with van der Waals surface area (Å²) in [7, 11) is 0. The molecule has 13 heavy (non-hydrogen) atoms. The largest absolute Gasteiger partial charge is 0.392 e. The SMILES string of the molecule is CCCC(C)N1C[C@H](O)C[C@H](O)C1. The van der Waals surface area contributed by atoms with Crippen molar-refractivity contribution < 1.29 is 10.2 Å². The fourth-order valence-electron chi connectivity index (χ4n) is 2.04. The first kappa shape index (κ1) is 11.0. The first-order chi connectivity index (χ1) is 6.13. The molecule has 0 aromatic rings. The van der Waals surface area contributed by atoms with Crippen molar-refractivity contribution in [3.05, 3.63) is 0 Å². The van der Waals surface area contributed by atoms with Gasteiger partial charge in [-0.05, 0) is 13.3 Å². The molecule has 1 aliphatic rings. The fourth-order valence-corrected chi connectivity index (χ4v) is 2.04. The monoisotopic (exact) mass is 187 g/mol. The second kappa shape index (κ2) is 4.94. The smallest absolute Gasteiger partial charge is 0.0692 e. The van der Waals surface area contributed by atoms with E-state index in [0.29, 0.717) is 12.5 Å². The van der Waals surface area contributed by atoms with E-state index in [1.165, 1.54) is 0 Å². The summed E-state index contributed by atoms with van der Waals surface area (Å²) < 4.78 is 0. The summed E-state index contributed by atoms with van der Waals surface area (Å²) in [6.07, 6.45) is 2.14. The summed E-state index contributed by atoms with van der Waals surface area (Å²) in [6, 6.07) is 0.481. The summed E-state index contributed by atoms with van der Waals surface area (Å²) >= 11 is 0. The molecule has 0 aromatic carbocycles. The van der Waals surface area contributed by atoms with E-state index >= 15 is 0 Å². The first-order valence-corrected chi connectivity index (χ1v) is 5.23. The summed E-state index contributed by atoms with van der Waals surface area (Å²) in [6.45, 7) is 5.76. The maximum absolute atomic E-state index is 9.47. The van der Waals surface area contributed by atoms with Gasteiger partial charge in [0.05, 0.1) is 12.2 Å². The minimum Gasteiger partial charge on any atom is -0.392 e. The molecule has 0 aromatic heterocycles. The highest BCUT2D eigenvalue weighted by Gasteiger charge is 2.26. The van der Waals surface area contributed by atoms with Crippen molar-refractivity contribution in [1.29, 1.82) is 0 Å². The quantitative estimate of drug-likeness (QED) is 0.680. The molecule has 0 spiro atoms. The molecule has 0 amide bonds. The van der Waals surface area contributed by atoms with Crippen LogP contribution in [0.3, 0.4) is 0 Å². The fraction of sp³-hybridized carbons (Fsp3) is 1.00. The van der Waals surface area contributed by atoms with Crippen molar-refractivity contribution in [2.75, 3.05) is 13.1 Å². The third-order valence-corrected chi connectivity index (χ3v) is 2.76. The molecule has 1 heterocycles. The minimum atomic E-state index is -0.344. The van der Waals surface area contributed by atoms with Gasteiger partial charge >= 0.3 is 0 Å². The number of aliphatic hydroxyl groups excluding tert-OH is 2. The van der Waals surface area contributed by atoms with E-state index in [-0.39, 0.29) is 12.2 Å². The zero-order chi connectivity index (χ0) is 9.84. The molecule has 1 rings (SSSR count). The molecule has 0 radical (unpaired) electrons. The molecule has 3 heteroatoms. The van der Waals surface area contributed by atoms with E-state index in [1.54, 1.807) is 0 Å². The molecule has 1 fully saturated rings. The van der Waals surface area contributed by atoms with Crippen LogP contribution in [0.15, 0.2) is 0 Å². The third kappa shape index (κ3) is 3.25. The predicted octanol–water partition coefficient (Wildman–Crippen LogP) is 0.603. The Balaban J connectivity index is 2.40. The Bertz CT molecular complexity index is 142. The highest BCUT2D eigenvalue weighted by Crippen LogP contribution is 2.15. The topological polar surface area (TPSA) is 43.7 Å². The Hall–Kier alpha value is -0.120. The standard InChI is InChI=1S/C10H21NO2/c1-3-4-8(2)11-6-9(12)5-10(13)7-11/h8-10,12-13H,3-7H2,1-2H3/t8?,9-,10+. The van der Waals surface area contributed by atoms with Gasteiger partial charge in [0.2, 0.25) is 0 Å². The van der Waals surface area contributed by atoms with Crippen LogP contribution in [0.1, 0.15) is 33.1 Å². The number of nitrogens with zero attached hydrogens (tertiary/aromatic N) is 1. The molecular formula is C10H21NO2. The molecule has 0 bridgehead atoms. The molecule has 0 saturated carbocycles. The van der Waals surface area contributed by atoms with Gasteiger partial charge in [-0.15, -0.1) is 0 Å². The van der Waals surface area contributed by atoms with Crippen LogP contribution >= 0.6 is 0 Å². The lowest BCUT2D eigenvalue weighted by Gasteiger charge is -2.37. The molecule has 78 valence electrons. The average Bonchev–Trinajstić information content (AvgIpc) is 2.03. The van der Waals surface area contributed by atoms with Crippen LogP contribution in [0, 0.1) is 0 Å². The number of β-amino-alcohol motifs (C(OH)–C–C–N with tert-alkyl or cyclic N) is 2. The number of rotatable bonds is 3. The summed E-state index contributed by atoms with van der Waals surface area (Å²) in [5.74, 6) is 0. The van der Waals surface area contributed by atoms with Gasteiger partial charge in [-0.25, -0.2) is 0 Å². The van der Waals surface area contributed by atoms with Gasteiger partial charge in [0.15, 0.2) is 0 Å². The van der Waals surface area contributed by atoms with Crippen LogP contribution < -0.4 is 0 Å². The van der Waals surface area contributed by atoms with Crippen molar-refractivity contribution in [3.63, 3.8) is 0 Å².